The summed E-state index contributed by atoms with van der Waals surface area (Å²) in [6.07, 6.45) is 8.59. The van der Waals surface area contributed by atoms with Gasteiger partial charge in [-0.05, 0) is 57.9 Å². The van der Waals surface area contributed by atoms with Crippen LogP contribution in [0.25, 0.3) is 0 Å². The highest BCUT2D eigenvalue weighted by atomic mass is 15.1. The number of aromatic amines is 1. The molecule has 1 aliphatic rings. The van der Waals surface area contributed by atoms with Gasteiger partial charge in [-0.15, -0.1) is 6.58 Å². The summed E-state index contributed by atoms with van der Waals surface area (Å²) in [5, 5.41) is 11.3. The maximum absolute atomic E-state index is 4.50. The van der Waals surface area contributed by atoms with Gasteiger partial charge in [-0.3, -0.25) is 5.10 Å². The first-order chi connectivity index (χ1) is 9.16. The lowest BCUT2D eigenvalue weighted by atomic mass is 10.1. The Bertz CT molecular complexity index is 420. The number of nitrogens with one attached hydrogen (secondary N) is 2. The topological polar surface area (TPSA) is 40.7 Å². The van der Waals surface area contributed by atoms with Crippen LogP contribution in [0.4, 0.5) is 0 Å². The molecule has 0 saturated carbocycles. The van der Waals surface area contributed by atoms with Crippen LogP contribution in [0.3, 0.4) is 0 Å². The fraction of sp³-hybridized carbons (Fsp3) is 0.688. The van der Waals surface area contributed by atoms with Gasteiger partial charge in [0, 0.05) is 18.3 Å². The minimum absolute atomic E-state index is 0.523. The Morgan fingerprint density at radius 2 is 2.16 bits per heavy atom. The minimum atomic E-state index is 0.523. The Labute approximate surface area is 116 Å². The molecule has 0 spiro atoms. The van der Waals surface area contributed by atoms with Crippen LogP contribution in [0, 0.1) is 0 Å². The van der Waals surface area contributed by atoms with Crippen molar-refractivity contribution in [1.29, 1.82) is 0 Å². The Kier molecular flexibility index (Phi) is 5.20. The van der Waals surface area contributed by atoms with Crippen LogP contribution < -0.4 is 5.32 Å². The van der Waals surface area contributed by atoms with Gasteiger partial charge in [0.05, 0.1) is 5.69 Å². The number of fused-ring (bicyclic) bond motifs is 1. The molecule has 1 atom stereocenters. The smallest absolute Gasteiger partial charge is 0.0794 e. The first kappa shape index (κ1) is 14.3. The number of aromatic nitrogens is 2. The van der Waals surface area contributed by atoms with E-state index in [1.165, 1.54) is 54.6 Å². The van der Waals surface area contributed by atoms with Crippen molar-refractivity contribution in [2.75, 3.05) is 0 Å². The van der Waals surface area contributed by atoms with Crippen LogP contribution in [0.15, 0.2) is 12.2 Å². The maximum atomic E-state index is 4.50. The van der Waals surface area contributed by atoms with E-state index in [4.69, 9.17) is 0 Å². The highest BCUT2D eigenvalue weighted by molar-refractivity contribution is 5.26. The molecule has 1 heterocycles. The Morgan fingerprint density at radius 1 is 1.37 bits per heavy atom. The molecule has 0 saturated heterocycles. The Hall–Kier alpha value is -1.09. The zero-order chi connectivity index (χ0) is 13.7. The zero-order valence-corrected chi connectivity index (χ0v) is 12.4. The largest absolute Gasteiger partial charge is 0.309 e. The van der Waals surface area contributed by atoms with Crippen molar-refractivity contribution in [3.05, 3.63) is 29.1 Å². The van der Waals surface area contributed by atoms with E-state index in [2.05, 4.69) is 35.9 Å². The molecule has 0 aliphatic heterocycles. The predicted octanol–water partition coefficient (Wildman–Crippen LogP) is 3.51. The van der Waals surface area contributed by atoms with E-state index in [9.17, 15) is 0 Å². The molecule has 2 N–H and O–H groups in total. The molecule has 0 amide bonds. The summed E-state index contributed by atoms with van der Waals surface area (Å²) in [7, 11) is 0. The maximum Gasteiger partial charge on any atom is 0.0794 e. The van der Waals surface area contributed by atoms with Gasteiger partial charge in [-0.25, -0.2) is 0 Å². The third-order valence-electron chi connectivity index (χ3n) is 4.01. The molecule has 0 fully saturated rings. The fourth-order valence-electron chi connectivity index (χ4n) is 2.71. The quantitative estimate of drug-likeness (QED) is 0.607. The highest BCUT2D eigenvalue weighted by Gasteiger charge is 2.15. The Balaban J connectivity index is 1.86. The Morgan fingerprint density at radius 3 is 2.95 bits per heavy atom. The lowest BCUT2D eigenvalue weighted by Crippen LogP contribution is -2.26. The van der Waals surface area contributed by atoms with E-state index in [1.54, 1.807) is 0 Å². The summed E-state index contributed by atoms with van der Waals surface area (Å²) < 4.78 is 0. The van der Waals surface area contributed by atoms with Crippen molar-refractivity contribution >= 4 is 0 Å². The van der Waals surface area contributed by atoms with Crippen molar-refractivity contribution < 1.29 is 0 Å². The molecular formula is C16H27N3. The lowest BCUT2D eigenvalue weighted by Gasteiger charge is -2.13. The number of H-pyrrole nitrogens is 1. The summed E-state index contributed by atoms with van der Waals surface area (Å²) in [6.45, 7) is 9.19. The van der Waals surface area contributed by atoms with E-state index < -0.39 is 0 Å². The lowest BCUT2D eigenvalue weighted by molar-refractivity contribution is 0.507. The third-order valence-corrected chi connectivity index (χ3v) is 4.01. The fourth-order valence-corrected chi connectivity index (χ4v) is 2.71. The molecule has 0 bridgehead atoms. The minimum Gasteiger partial charge on any atom is -0.309 e. The second-order valence-electron chi connectivity index (χ2n) is 5.97. The third kappa shape index (κ3) is 4.20. The van der Waals surface area contributed by atoms with E-state index in [0.29, 0.717) is 6.04 Å². The summed E-state index contributed by atoms with van der Waals surface area (Å²) in [5.41, 5.74) is 5.36. The molecule has 0 radical (unpaired) electrons. The van der Waals surface area contributed by atoms with E-state index in [0.717, 1.165) is 19.4 Å². The number of nitrogens with zero attached hydrogens (tertiary/aromatic N) is 1. The van der Waals surface area contributed by atoms with Crippen LogP contribution in [-0.4, -0.2) is 16.2 Å². The average molecular weight is 261 g/mol. The molecule has 1 aromatic heterocycles. The zero-order valence-electron chi connectivity index (χ0n) is 12.4. The first-order valence-corrected chi connectivity index (χ1v) is 7.59. The highest BCUT2D eigenvalue weighted by Crippen LogP contribution is 2.21. The SMILES string of the molecule is C=C(C)CCC(C)NCc1n[nH]c2c1CCCCC2. The number of hydrogen-bond acceptors (Lipinski definition) is 2. The van der Waals surface area contributed by atoms with Gasteiger partial charge >= 0.3 is 0 Å². The molecule has 3 nitrogen and oxygen atoms in total. The van der Waals surface area contributed by atoms with Gasteiger partial charge in [-0.2, -0.15) is 5.10 Å². The molecule has 19 heavy (non-hydrogen) atoms. The van der Waals surface area contributed by atoms with Gasteiger partial charge in [0.25, 0.3) is 0 Å². The van der Waals surface area contributed by atoms with Crippen LogP contribution in [0.1, 0.15) is 62.9 Å². The van der Waals surface area contributed by atoms with Gasteiger partial charge < -0.3 is 5.32 Å². The van der Waals surface area contributed by atoms with Crippen molar-refractivity contribution in [2.24, 2.45) is 0 Å². The first-order valence-electron chi connectivity index (χ1n) is 7.59. The second kappa shape index (κ2) is 6.90. The summed E-state index contributed by atoms with van der Waals surface area (Å²) >= 11 is 0. The molecular weight excluding hydrogens is 234 g/mol. The van der Waals surface area contributed by atoms with Crippen LogP contribution >= 0.6 is 0 Å². The van der Waals surface area contributed by atoms with Crippen molar-refractivity contribution in [3.8, 4) is 0 Å². The number of aryl methyl sites for hydroxylation is 1. The number of hydrogen-bond donors (Lipinski definition) is 2. The van der Waals surface area contributed by atoms with Crippen LogP contribution in [-0.2, 0) is 19.4 Å². The molecule has 3 heteroatoms. The molecule has 2 rings (SSSR count). The molecule has 1 unspecified atom stereocenters. The second-order valence-corrected chi connectivity index (χ2v) is 5.97. The molecule has 0 aromatic carbocycles. The van der Waals surface area contributed by atoms with Gasteiger partial charge in [0.2, 0.25) is 0 Å². The number of rotatable bonds is 6. The van der Waals surface area contributed by atoms with Crippen molar-refractivity contribution in [1.82, 2.24) is 15.5 Å². The predicted molar refractivity (Wildman–Crippen MR) is 80.2 cm³/mol. The summed E-state index contributed by atoms with van der Waals surface area (Å²) in [5.74, 6) is 0. The van der Waals surface area contributed by atoms with E-state index in [1.807, 2.05) is 0 Å². The van der Waals surface area contributed by atoms with Crippen molar-refractivity contribution in [2.45, 2.75) is 71.4 Å². The van der Waals surface area contributed by atoms with Crippen molar-refractivity contribution in [3.63, 3.8) is 0 Å². The number of allylic oxidation sites excluding steroid dienone is 1. The van der Waals surface area contributed by atoms with Gasteiger partial charge in [-0.1, -0.05) is 12.0 Å². The molecule has 1 aromatic rings. The van der Waals surface area contributed by atoms with Crippen LogP contribution in [0.5, 0.6) is 0 Å². The van der Waals surface area contributed by atoms with E-state index >= 15 is 0 Å². The molecule has 106 valence electrons. The van der Waals surface area contributed by atoms with Crippen LogP contribution in [0.2, 0.25) is 0 Å². The summed E-state index contributed by atoms with van der Waals surface area (Å²) in [4.78, 5) is 0. The standard InChI is InChI=1S/C16H27N3/c1-12(2)9-10-13(3)17-11-16-14-7-5-4-6-8-15(14)18-19-16/h13,17H,1,4-11H2,2-3H3,(H,18,19). The molecule has 1 aliphatic carbocycles. The normalized spacial score (nSPS) is 16.7. The van der Waals surface area contributed by atoms with E-state index in [-0.39, 0.29) is 0 Å². The summed E-state index contributed by atoms with van der Waals surface area (Å²) in [6, 6.07) is 0.523. The average Bonchev–Trinajstić information content (AvgIpc) is 2.61. The monoisotopic (exact) mass is 261 g/mol. The van der Waals surface area contributed by atoms with Gasteiger partial charge in [0.15, 0.2) is 0 Å². The van der Waals surface area contributed by atoms with Gasteiger partial charge in [0.1, 0.15) is 0 Å².